The molecule has 0 aliphatic rings. The molecule has 2 heterocycles. The van der Waals surface area contributed by atoms with Crippen molar-refractivity contribution in [3.63, 3.8) is 0 Å². The molecule has 0 spiro atoms. The van der Waals surface area contributed by atoms with Crippen LogP contribution in [0.15, 0.2) is 41.2 Å². The van der Waals surface area contributed by atoms with Gasteiger partial charge in [0.25, 0.3) is 5.91 Å². The van der Waals surface area contributed by atoms with E-state index in [-0.39, 0.29) is 5.91 Å². The molecule has 1 aromatic carbocycles. The highest BCUT2D eigenvalue weighted by Gasteiger charge is 2.20. The molecule has 0 saturated carbocycles. The van der Waals surface area contributed by atoms with Gasteiger partial charge in [-0.25, -0.2) is 0 Å². The summed E-state index contributed by atoms with van der Waals surface area (Å²) in [5.41, 5.74) is 7.53. The molecule has 108 valence electrons. The molecule has 21 heavy (non-hydrogen) atoms. The number of nitrogens with two attached hydrogens (primary N) is 1. The normalized spacial score (nSPS) is 11.0. The van der Waals surface area contributed by atoms with E-state index in [1.54, 1.807) is 36.6 Å². The van der Waals surface area contributed by atoms with Crippen LogP contribution in [-0.2, 0) is 6.54 Å². The third kappa shape index (κ3) is 2.62. The molecule has 0 aliphatic heterocycles. The molecule has 1 amide bonds. The summed E-state index contributed by atoms with van der Waals surface area (Å²) in [7, 11) is 1.74. The van der Waals surface area contributed by atoms with Crippen molar-refractivity contribution in [2.45, 2.75) is 6.54 Å². The number of nitrogen functional groups attached to an aromatic ring is 1. The molecule has 3 rings (SSSR count). The number of fused-ring (bicyclic) bond motifs is 1. The molecule has 0 fully saturated rings. The second-order valence-corrected chi connectivity index (χ2v) is 6.27. The van der Waals surface area contributed by atoms with Gasteiger partial charge in [0, 0.05) is 34.3 Å². The number of thiophene rings is 1. The van der Waals surface area contributed by atoms with Gasteiger partial charge in [-0.2, -0.15) is 0 Å². The Morgan fingerprint density at radius 1 is 1.43 bits per heavy atom. The van der Waals surface area contributed by atoms with E-state index in [1.807, 2.05) is 12.1 Å². The Morgan fingerprint density at radius 2 is 2.24 bits per heavy atom. The minimum atomic E-state index is -0.106. The first-order valence-corrected chi connectivity index (χ1v) is 7.50. The fourth-order valence-electron chi connectivity index (χ4n) is 2.15. The number of rotatable bonds is 3. The van der Waals surface area contributed by atoms with Gasteiger partial charge >= 0.3 is 0 Å². The zero-order chi connectivity index (χ0) is 15.0. The molecule has 0 unspecified atom stereocenters. The molecule has 3 aromatic rings. The van der Waals surface area contributed by atoms with E-state index in [0.29, 0.717) is 22.1 Å². The second-order valence-electron chi connectivity index (χ2n) is 4.78. The van der Waals surface area contributed by atoms with Crippen molar-refractivity contribution >= 4 is 44.6 Å². The Labute approximate surface area is 130 Å². The second kappa shape index (κ2) is 5.42. The topological polar surface area (TPSA) is 59.5 Å². The van der Waals surface area contributed by atoms with Crippen molar-refractivity contribution in [1.29, 1.82) is 0 Å². The Hall–Kier alpha value is -1.98. The summed E-state index contributed by atoms with van der Waals surface area (Å²) in [6, 6.07) is 7.29. The van der Waals surface area contributed by atoms with E-state index >= 15 is 0 Å². The molecule has 2 N–H and O–H groups in total. The van der Waals surface area contributed by atoms with Crippen LogP contribution in [0.4, 0.5) is 5.69 Å². The highest BCUT2D eigenvalue weighted by molar-refractivity contribution is 7.21. The first kappa shape index (κ1) is 14.0. The largest absolute Gasteiger partial charge is 0.472 e. The number of benzene rings is 1. The van der Waals surface area contributed by atoms with Crippen LogP contribution >= 0.6 is 22.9 Å². The summed E-state index contributed by atoms with van der Waals surface area (Å²) in [4.78, 5) is 14.7. The summed E-state index contributed by atoms with van der Waals surface area (Å²) in [6.07, 6.45) is 3.21. The lowest BCUT2D eigenvalue weighted by molar-refractivity contribution is 0.0790. The third-order valence-corrected chi connectivity index (χ3v) is 4.64. The van der Waals surface area contributed by atoms with Crippen LogP contribution in [0.1, 0.15) is 15.2 Å². The Kier molecular flexibility index (Phi) is 3.61. The maximum atomic E-state index is 12.5. The fourth-order valence-corrected chi connectivity index (χ4v) is 3.42. The van der Waals surface area contributed by atoms with Gasteiger partial charge in [-0.15, -0.1) is 11.3 Å². The van der Waals surface area contributed by atoms with Crippen LogP contribution in [0.5, 0.6) is 0 Å². The monoisotopic (exact) mass is 320 g/mol. The summed E-state index contributed by atoms with van der Waals surface area (Å²) < 4.78 is 5.97. The summed E-state index contributed by atoms with van der Waals surface area (Å²) in [6.45, 7) is 0.476. The Morgan fingerprint density at radius 3 is 2.95 bits per heavy atom. The van der Waals surface area contributed by atoms with Crippen LogP contribution in [-0.4, -0.2) is 17.9 Å². The predicted molar refractivity (Wildman–Crippen MR) is 85.8 cm³/mol. The number of hydrogen-bond acceptors (Lipinski definition) is 4. The minimum absolute atomic E-state index is 0.106. The van der Waals surface area contributed by atoms with Crippen molar-refractivity contribution in [3.8, 4) is 0 Å². The van der Waals surface area contributed by atoms with Gasteiger partial charge in [0.2, 0.25) is 0 Å². The smallest absolute Gasteiger partial charge is 0.266 e. The van der Waals surface area contributed by atoms with E-state index in [1.165, 1.54) is 11.3 Å². The zero-order valence-electron chi connectivity index (χ0n) is 11.3. The Bertz CT molecular complexity index is 795. The zero-order valence-corrected chi connectivity index (χ0v) is 12.9. The van der Waals surface area contributed by atoms with E-state index in [0.717, 1.165) is 15.6 Å². The van der Waals surface area contributed by atoms with Crippen LogP contribution in [0.2, 0.25) is 5.02 Å². The van der Waals surface area contributed by atoms with Gasteiger partial charge in [-0.3, -0.25) is 4.79 Å². The van der Waals surface area contributed by atoms with Gasteiger partial charge in [0.05, 0.1) is 18.2 Å². The molecule has 0 radical (unpaired) electrons. The van der Waals surface area contributed by atoms with Crippen molar-refractivity contribution in [3.05, 3.63) is 52.3 Å². The van der Waals surface area contributed by atoms with Gasteiger partial charge in [0.1, 0.15) is 4.88 Å². The lowest BCUT2D eigenvalue weighted by atomic mass is 10.2. The molecule has 0 atom stereocenters. The molecular weight excluding hydrogens is 308 g/mol. The number of carbonyl (C=O) groups is 1. The number of amides is 1. The van der Waals surface area contributed by atoms with Crippen molar-refractivity contribution in [2.75, 3.05) is 12.8 Å². The highest BCUT2D eigenvalue weighted by atomic mass is 35.5. The van der Waals surface area contributed by atoms with E-state index in [2.05, 4.69) is 0 Å². The van der Waals surface area contributed by atoms with Crippen LogP contribution in [0.3, 0.4) is 0 Å². The van der Waals surface area contributed by atoms with Crippen molar-refractivity contribution in [1.82, 2.24) is 4.90 Å². The summed E-state index contributed by atoms with van der Waals surface area (Å²) in [5, 5.41) is 1.44. The lowest BCUT2D eigenvalue weighted by Gasteiger charge is -2.15. The van der Waals surface area contributed by atoms with Gasteiger partial charge in [0.15, 0.2) is 0 Å². The van der Waals surface area contributed by atoms with Crippen LogP contribution in [0, 0.1) is 0 Å². The molecule has 4 nitrogen and oxygen atoms in total. The first-order chi connectivity index (χ1) is 10.1. The molecule has 0 saturated heterocycles. The Balaban J connectivity index is 1.92. The van der Waals surface area contributed by atoms with E-state index in [4.69, 9.17) is 21.8 Å². The number of halogens is 1. The number of nitrogens with zero attached hydrogens (tertiary/aromatic N) is 1. The quantitative estimate of drug-likeness (QED) is 0.793. The van der Waals surface area contributed by atoms with E-state index < -0.39 is 0 Å². The van der Waals surface area contributed by atoms with Crippen LogP contribution in [0.25, 0.3) is 10.1 Å². The summed E-state index contributed by atoms with van der Waals surface area (Å²) in [5.74, 6) is -0.106. The number of furan rings is 1. The molecular formula is C15H13ClN2O2S. The van der Waals surface area contributed by atoms with Crippen LogP contribution < -0.4 is 5.73 Å². The van der Waals surface area contributed by atoms with Gasteiger partial charge < -0.3 is 15.1 Å². The third-order valence-electron chi connectivity index (χ3n) is 3.23. The highest BCUT2D eigenvalue weighted by Crippen LogP contribution is 2.35. The predicted octanol–water partition coefficient (Wildman–Crippen LogP) is 4.00. The fraction of sp³-hybridized carbons (Fsp3) is 0.133. The number of carbonyl (C=O) groups excluding carboxylic acids is 1. The minimum Gasteiger partial charge on any atom is -0.472 e. The molecule has 6 heteroatoms. The first-order valence-electron chi connectivity index (χ1n) is 6.30. The average molecular weight is 321 g/mol. The molecule has 0 aliphatic carbocycles. The maximum Gasteiger partial charge on any atom is 0.266 e. The summed E-state index contributed by atoms with van der Waals surface area (Å²) >= 11 is 7.36. The van der Waals surface area contributed by atoms with Gasteiger partial charge in [-0.1, -0.05) is 11.6 Å². The molecule has 0 bridgehead atoms. The maximum absolute atomic E-state index is 12.5. The van der Waals surface area contributed by atoms with Crippen molar-refractivity contribution < 1.29 is 9.21 Å². The SMILES string of the molecule is CN(Cc1ccoc1)C(=O)c1sc2ccc(Cl)cc2c1N. The standard InChI is InChI=1S/C15H13ClN2O2S/c1-18(7-9-4-5-20-8-9)15(19)14-13(17)11-6-10(16)2-3-12(11)21-14/h2-6,8H,7,17H2,1H3. The average Bonchev–Trinajstić information content (AvgIpc) is 3.07. The van der Waals surface area contributed by atoms with Gasteiger partial charge in [-0.05, 0) is 24.3 Å². The van der Waals surface area contributed by atoms with Crippen molar-refractivity contribution in [2.24, 2.45) is 0 Å². The number of hydrogen-bond donors (Lipinski definition) is 1. The van der Waals surface area contributed by atoms with E-state index in [9.17, 15) is 4.79 Å². The number of anilines is 1. The lowest BCUT2D eigenvalue weighted by Crippen LogP contribution is -2.25. The molecule has 2 aromatic heterocycles.